The quantitative estimate of drug-likeness (QED) is 0.413. The zero-order chi connectivity index (χ0) is 28.3. The fourth-order valence-electron chi connectivity index (χ4n) is 4.94. The molecule has 3 aromatic rings. The third-order valence-corrected chi connectivity index (χ3v) is 10.9. The number of ether oxygens (including phenoxy) is 3. The lowest BCUT2D eigenvalue weighted by Gasteiger charge is -2.15. The van der Waals surface area contributed by atoms with E-state index < -0.39 is 32.4 Å². The maximum absolute atomic E-state index is 13.3. The first-order valence-electron chi connectivity index (χ1n) is 12.7. The molecule has 39 heavy (non-hydrogen) atoms. The fraction of sp³-hybridized carbons (Fsp3) is 0.400. The highest BCUT2D eigenvalue weighted by atomic mass is 32.2. The molecule has 0 spiro atoms. The summed E-state index contributed by atoms with van der Waals surface area (Å²) < 4.78 is 56.8. The molecule has 6 aliphatic rings. The van der Waals surface area contributed by atoms with Crippen molar-refractivity contribution in [3.05, 3.63) is 86.5 Å². The summed E-state index contributed by atoms with van der Waals surface area (Å²) in [6, 6.07) is 11.8. The molecule has 0 aromatic heterocycles. The lowest BCUT2D eigenvalue weighted by Crippen LogP contribution is -2.07. The molecular weight excluding hydrogens is 553 g/mol. The summed E-state index contributed by atoms with van der Waals surface area (Å²) in [7, 11) is 1.22. The second kappa shape index (κ2) is 12.8. The van der Waals surface area contributed by atoms with Gasteiger partial charge in [-0.25, -0.2) is 0 Å². The van der Waals surface area contributed by atoms with Crippen molar-refractivity contribution < 1.29 is 26.8 Å². The Morgan fingerprint density at radius 1 is 0.436 bits per heavy atom. The van der Waals surface area contributed by atoms with Crippen LogP contribution in [-0.4, -0.2) is 34.0 Å². The zero-order valence-electron chi connectivity index (χ0n) is 23.4. The molecule has 0 saturated carbocycles. The molecule has 0 radical (unpaired) electrons. The van der Waals surface area contributed by atoms with Crippen molar-refractivity contribution in [3.8, 4) is 17.2 Å². The van der Waals surface area contributed by atoms with E-state index in [9.17, 15) is 12.6 Å². The molecule has 9 heteroatoms. The fourth-order valence-corrected chi connectivity index (χ4v) is 8.94. The van der Waals surface area contributed by atoms with E-state index >= 15 is 0 Å². The summed E-state index contributed by atoms with van der Waals surface area (Å²) in [5.41, 5.74) is 8.36. The van der Waals surface area contributed by atoms with Gasteiger partial charge in [0.15, 0.2) is 0 Å². The summed E-state index contributed by atoms with van der Waals surface area (Å²) >= 11 is 0. The highest BCUT2D eigenvalue weighted by molar-refractivity contribution is 7.83. The van der Waals surface area contributed by atoms with Crippen molar-refractivity contribution in [2.75, 3.05) is 21.3 Å². The van der Waals surface area contributed by atoms with Gasteiger partial charge in [0, 0.05) is 66.3 Å². The SMILES string of the molecule is COc1cc2c(C)cc1CS(=O)Cc1cc(OC)c(cc1C)CS(=O)Cc1cc(C)c(cc1OC)CS(=O)C2. The zero-order valence-corrected chi connectivity index (χ0v) is 25.8. The van der Waals surface area contributed by atoms with Gasteiger partial charge in [-0.1, -0.05) is 18.2 Å². The maximum Gasteiger partial charge on any atom is 0.123 e. The Hall–Kier alpha value is -2.49. The number of hydrogen-bond acceptors (Lipinski definition) is 6. The van der Waals surface area contributed by atoms with Crippen LogP contribution in [0.3, 0.4) is 0 Å². The Bertz CT molecular complexity index is 1460. The topological polar surface area (TPSA) is 78.9 Å². The van der Waals surface area contributed by atoms with Crippen molar-refractivity contribution in [2.24, 2.45) is 0 Å². The van der Waals surface area contributed by atoms with Crippen molar-refractivity contribution in [1.82, 2.24) is 0 Å². The Labute approximate surface area is 238 Å². The van der Waals surface area contributed by atoms with Gasteiger partial charge in [0.1, 0.15) is 17.2 Å². The minimum Gasteiger partial charge on any atom is -0.496 e. The molecular formula is C30H36O6S3. The smallest absolute Gasteiger partial charge is 0.123 e. The van der Waals surface area contributed by atoms with Gasteiger partial charge in [-0.2, -0.15) is 0 Å². The number of methoxy groups -OCH3 is 3. The summed E-state index contributed by atoms with van der Waals surface area (Å²) in [5.74, 6) is 4.05. The number of rotatable bonds is 3. The average molecular weight is 589 g/mol. The van der Waals surface area contributed by atoms with Gasteiger partial charge in [-0.3, -0.25) is 12.6 Å². The molecule has 3 atom stereocenters. The van der Waals surface area contributed by atoms with E-state index in [1.165, 1.54) is 0 Å². The molecule has 6 bridgehead atoms. The highest BCUT2D eigenvalue weighted by Crippen LogP contribution is 2.31. The molecule has 0 aliphatic carbocycles. The van der Waals surface area contributed by atoms with Crippen LogP contribution in [0, 0.1) is 20.8 Å². The van der Waals surface area contributed by atoms with E-state index in [-0.39, 0.29) is 0 Å². The van der Waals surface area contributed by atoms with Crippen LogP contribution in [0.1, 0.15) is 50.1 Å². The van der Waals surface area contributed by atoms with E-state index in [2.05, 4.69) is 0 Å². The molecule has 0 fully saturated rings. The number of hydrogen-bond donors (Lipinski definition) is 0. The van der Waals surface area contributed by atoms with Gasteiger partial charge in [0.05, 0.1) is 38.6 Å². The first kappa shape index (κ1) is 29.5. The van der Waals surface area contributed by atoms with E-state index in [1.807, 2.05) is 57.2 Å². The average Bonchev–Trinajstić information content (AvgIpc) is 2.88. The Kier molecular flexibility index (Phi) is 9.67. The standard InChI is InChI=1S/C30H36O6S3/c1-19-7-25-16-38(32)15-24-12-30(36-6)27(9-21(24)3)18-39(33)17-26-8-20(2)23(11-29(26)35-5)14-37(31)13-22(19)10-28(25)34-4/h7-12H,13-18H2,1-6H3. The normalized spacial score (nSPS) is 20.0. The molecule has 0 saturated heterocycles. The van der Waals surface area contributed by atoms with Crippen LogP contribution < -0.4 is 14.2 Å². The van der Waals surface area contributed by atoms with Crippen molar-refractivity contribution >= 4 is 32.4 Å². The predicted octanol–water partition coefficient (Wildman–Crippen LogP) is 5.30. The molecule has 9 rings (SSSR count). The van der Waals surface area contributed by atoms with E-state index in [0.717, 1.165) is 50.1 Å². The van der Waals surface area contributed by atoms with Crippen LogP contribution in [0.15, 0.2) is 36.4 Å². The molecule has 0 amide bonds. The third-order valence-electron chi connectivity index (χ3n) is 7.12. The number of benzene rings is 3. The Balaban J connectivity index is 1.81. The second-order valence-electron chi connectivity index (χ2n) is 9.96. The molecule has 6 heterocycles. The molecule has 0 N–H and O–H groups in total. The Morgan fingerprint density at radius 3 is 0.897 bits per heavy atom. The van der Waals surface area contributed by atoms with E-state index in [4.69, 9.17) is 14.2 Å². The minimum atomic E-state index is -1.22. The summed E-state index contributed by atoms with van der Waals surface area (Å²) in [6.07, 6.45) is 0. The molecule has 210 valence electrons. The van der Waals surface area contributed by atoms with Crippen LogP contribution in [0.4, 0.5) is 0 Å². The van der Waals surface area contributed by atoms with Gasteiger partial charge < -0.3 is 14.2 Å². The van der Waals surface area contributed by atoms with Gasteiger partial charge in [0.2, 0.25) is 0 Å². The lowest BCUT2D eigenvalue weighted by atomic mass is 10.1. The van der Waals surface area contributed by atoms with Crippen molar-refractivity contribution in [2.45, 2.75) is 55.3 Å². The highest BCUT2D eigenvalue weighted by Gasteiger charge is 2.19. The monoisotopic (exact) mass is 588 g/mol. The third kappa shape index (κ3) is 6.99. The van der Waals surface area contributed by atoms with Crippen LogP contribution in [0.5, 0.6) is 17.2 Å². The van der Waals surface area contributed by atoms with E-state index in [0.29, 0.717) is 51.8 Å². The van der Waals surface area contributed by atoms with Crippen LogP contribution >= 0.6 is 0 Å². The molecule has 6 aliphatic heterocycles. The largest absolute Gasteiger partial charge is 0.496 e. The maximum atomic E-state index is 13.3. The molecule has 3 unspecified atom stereocenters. The summed E-state index contributed by atoms with van der Waals surface area (Å²) in [4.78, 5) is 0. The van der Waals surface area contributed by atoms with Crippen molar-refractivity contribution in [1.29, 1.82) is 0 Å². The summed E-state index contributed by atoms with van der Waals surface area (Å²) in [5, 5.41) is 0. The first-order chi connectivity index (χ1) is 18.6. The summed E-state index contributed by atoms with van der Waals surface area (Å²) in [6.45, 7) is 5.96. The van der Waals surface area contributed by atoms with E-state index in [1.54, 1.807) is 21.3 Å². The van der Waals surface area contributed by atoms with Gasteiger partial charge >= 0.3 is 0 Å². The van der Waals surface area contributed by atoms with Crippen LogP contribution in [0.25, 0.3) is 0 Å². The Morgan fingerprint density at radius 2 is 0.667 bits per heavy atom. The lowest BCUT2D eigenvalue weighted by molar-refractivity contribution is 0.410. The number of aryl methyl sites for hydroxylation is 3. The van der Waals surface area contributed by atoms with Gasteiger partial charge in [-0.15, -0.1) is 0 Å². The van der Waals surface area contributed by atoms with Crippen molar-refractivity contribution in [3.63, 3.8) is 0 Å². The molecule has 6 nitrogen and oxygen atoms in total. The first-order valence-corrected chi connectivity index (χ1v) is 17.1. The van der Waals surface area contributed by atoms with Gasteiger partial charge in [-0.05, 0) is 72.4 Å². The van der Waals surface area contributed by atoms with Crippen LogP contribution in [-0.2, 0) is 66.9 Å². The van der Waals surface area contributed by atoms with Crippen LogP contribution in [0.2, 0.25) is 0 Å². The van der Waals surface area contributed by atoms with Gasteiger partial charge in [0.25, 0.3) is 0 Å². The second-order valence-corrected chi connectivity index (χ2v) is 14.3. The minimum absolute atomic E-state index is 0.323. The molecule has 3 aromatic carbocycles. The predicted molar refractivity (Wildman–Crippen MR) is 160 cm³/mol.